The summed E-state index contributed by atoms with van der Waals surface area (Å²) in [5.41, 5.74) is 11.5. The number of amides is 2. The molecule has 0 radical (unpaired) electrons. The number of carbonyl (C=O) groups excluding carboxylic acids is 2. The number of nitrogen functional groups attached to an aromatic ring is 1. The van der Waals surface area contributed by atoms with E-state index in [4.69, 9.17) is 11.5 Å². The topological polar surface area (TPSA) is 141 Å². The molecule has 0 saturated carbocycles. The summed E-state index contributed by atoms with van der Waals surface area (Å²) in [5.74, 6) is -1.18. The first kappa shape index (κ1) is 15.0. The van der Waals surface area contributed by atoms with Gasteiger partial charge in [0.05, 0.1) is 10.5 Å². The van der Waals surface area contributed by atoms with E-state index in [-0.39, 0.29) is 22.5 Å². The number of benzene rings is 2. The van der Waals surface area contributed by atoms with Crippen LogP contribution >= 0.6 is 0 Å². The van der Waals surface area contributed by atoms with Crippen LogP contribution in [0.1, 0.15) is 20.7 Å². The lowest BCUT2D eigenvalue weighted by atomic mass is 10.1. The maximum atomic E-state index is 12.0. The fourth-order valence-corrected chi connectivity index (χ4v) is 1.79. The lowest BCUT2D eigenvalue weighted by Gasteiger charge is -2.08. The summed E-state index contributed by atoms with van der Waals surface area (Å²) in [5, 5.41) is 13.1. The Balaban J connectivity index is 2.20. The van der Waals surface area contributed by atoms with Gasteiger partial charge < -0.3 is 16.8 Å². The Hall–Kier alpha value is -3.42. The Kier molecular flexibility index (Phi) is 4.03. The van der Waals surface area contributed by atoms with Crippen molar-refractivity contribution in [2.24, 2.45) is 5.73 Å². The molecule has 0 aromatic heterocycles. The third-order valence-corrected chi connectivity index (χ3v) is 2.92. The number of nitrogens with zero attached hydrogens (tertiary/aromatic N) is 1. The van der Waals surface area contributed by atoms with Crippen LogP contribution in [0, 0.1) is 10.1 Å². The van der Waals surface area contributed by atoms with Gasteiger partial charge in [0.1, 0.15) is 0 Å². The fraction of sp³-hybridized carbons (Fsp3) is 0. The molecule has 112 valence electrons. The Labute approximate surface area is 124 Å². The molecule has 2 rings (SSSR count). The first-order valence-corrected chi connectivity index (χ1v) is 6.13. The van der Waals surface area contributed by atoms with Gasteiger partial charge >= 0.3 is 0 Å². The summed E-state index contributed by atoms with van der Waals surface area (Å²) >= 11 is 0. The Morgan fingerprint density at radius 3 is 2.27 bits per heavy atom. The summed E-state index contributed by atoms with van der Waals surface area (Å²) in [6.45, 7) is 0. The zero-order chi connectivity index (χ0) is 16.3. The maximum absolute atomic E-state index is 12.0. The van der Waals surface area contributed by atoms with Crippen molar-refractivity contribution in [3.05, 3.63) is 63.7 Å². The number of nitrogens with one attached hydrogen (secondary N) is 1. The number of rotatable bonds is 4. The number of nitrogens with two attached hydrogens (primary N) is 2. The van der Waals surface area contributed by atoms with Gasteiger partial charge in [-0.2, -0.15) is 0 Å². The number of nitro benzene ring substituents is 1. The quantitative estimate of drug-likeness (QED) is 0.446. The van der Waals surface area contributed by atoms with Crippen LogP contribution in [-0.4, -0.2) is 16.7 Å². The first-order chi connectivity index (χ1) is 10.4. The molecule has 2 aromatic carbocycles. The molecule has 2 aromatic rings. The highest BCUT2D eigenvalue weighted by Gasteiger charge is 2.12. The molecule has 0 aliphatic carbocycles. The zero-order valence-corrected chi connectivity index (χ0v) is 11.3. The fourth-order valence-electron chi connectivity index (χ4n) is 1.79. The van der Waals surface area contributed by atoms with Crippen LogP contribution in [0.4, 0.5) is 17.1 Å². The van der Waals surface area contributed by atoms with Gasteiger partial charge in [-0.05, 0) is 30.3 Å². The Morgan fingerprint density at radius 1 is 1.09 bits per heavy atom. The number of anilines is 2. The number of nitro groups is 1. The van der Waals surface area contributed by atoms with E-state index in [1.807, 2.05) is 0 Å². The van der Waals surface area contributed by atoms with Crippen molar-refractivity contribution in [3.8, 4) is 0 Å². The molecular formula is C14H12N4O4. The average Bonchev–Trinajstić information content (AvgIpc) is 2.49. The Morgan fingerprint density at radius 2 is 1.73 bits per heavy atom. The largest absolute Gasteiger partial charge is 0.398 e. The molecule has 2 amide bonds. The van der Waals surface area contributed by atoms with Gasteiger partial charge in [0.2, 0.25) is 0 Å². The molecule has 0 bridgehead atoms. The monoisotopic (exact) mass is 300 g/mol. The normalized spacial score (nSPS) is 10.0. The van der Waals surface area contributed by atoms with E-state index < -0.39 is 16.7 Å². The highest BCUT2D eigenvalue weighted by atomic mass is 16.6. The summed E-state index contributed by atoms with van der Waals surface area (Å²) in [4.78, 5) is 33.2. The van der Waals surface area contributed by atoms with Gasteiger partial charge in [-0.15, -0.1) is 0 Å². The van der Waals surface area contributed by atoms with Crippen LogP contribution in [0.2, 0.25) is 0 Å². The van der Waals surface area contributed by atoms with E-state index in [9.17, 15) is 19.7 Å². The summed E-state index contributed by atoms with van der Waals surface area (Å²) < 4.78 is 0. The summed E-state index contributed by atoms with van der Waals surface area (Å²) in [6, 6.07) is 9.45. The van der Waals surface area contributed by atoms with Crippen LogP contribution in [0.25, 0.3) is 0 Å². The molecule has 22 heavy (non-hydrogen) atoms. The van der Waals surface area contributed by atoms with Crippen LogP contribution in [0.15, 0.2) is 42.5 Å². The molecule has 5 N–H and O–H groups in total. The van der Waals surface area contributed by atoms with Gasteiger partial charge in [0, 0.05) is 29.1 Å². The first-order valence-electron chi connectivity index (χ1n) is 6.13. The van der Waals surface area contributed by atoms with E-state index in [1.54, 1.807) is 0 Å². The minimum atomic E-state index is -0.705. The van der Waals surface area contributed by atoms with Gasteiger partial charge in [-0.1, -0.05) is 0 Å². The van der Waals surface area contributed by atoms with Crippen LogP contribution in [-0.2, 0) is 0 Å². The van der Waals surface area contributed by atoms with Gasteiger partial charge in [0.25, 0.3) is 17.5 Å². The molecule has 0 fully saturated rings. The zero-order valence-electron chi connectivity index (χ0n) is 11.3. The van der Waals surface area contributed by atoms with Crippen LogP contribution < -0.4 is 16.8 Å². The molecule has 0 atom stereocenters. The van der Waals surface area contributed by atoms with E-state index in [0.717, 1.165) is 0 Å². The molecule has 0 aliphatic heterocycles. The smallest absolute Gasteiger partial charge is 0.269 e. The molecule has 0 aliphatic rings. The van der Waals surface area contributed by atoms with Crippen molar-refractivity contribution in [3.63, 3.8) is 0 Å². The lowest BCUT2D eigenvalue weighted by Crippen LogP contribution is -2.16. The highest BCUT2D eigenvalue weighted by Crippen LogP contribution is 2.19. The molecule has 0 spiro atoms. The average molecular weight is 300 g/mol. The minimum Gasteiger partial charge on any atom is -0.398 e. The molecule has 0 saturated heterocycles. The van der Waals surface area contributed by atoms with Gasteiger partial charge in [-0.25, -0.2) is 0 Å². The second-order valence-corrected chi connectivity index (χ2v) is 4.42. The highest BCUT2D eigenvalue weighted by molar-refractivity contribution is 6.06. The third kappa shape index (κ3) is 3.18. The lowest BCUT2D eigenvalue weighted by molar-refractivity contribution is -0.384. The number of carbonyl (C=O) groups is 2. The minimum absolute atomic E-state index is 0.0986. The molecular weight excluding hydrogens is 288 g/mol. The van der Waals surface area contributed by atoms with Crippen molar-refractivity contribution in [2.75, 3.05) is 11.1 Å². The second-order valence-electron chi connectivity index (χ2n) is 4.42. The SMILES string of the molecule is NC(=O)c1cc(NC(=O)c2ccc([N+](=O)[O-])cc2)ccc1N. The van der Waals surface area contributed by atoms with E-state index in [1.165, 1.54) is 42.5 Å². The maximum Gasteiger partial charge on any atom is 0.269 e. The molecule has 0 unspecified atom stereocenters. The van der Waals surface area contributed by atoms with E-state index in [2.05, 4.69) is 5.32 Å². The molecule has 0 heterocycles. The third-order valence-electron chi connectivity index (χ3n) is 2.92. The molecule has 8 heteroatoms. The van der Waals surface area contributed by atoms with Crippen molar-refractivity contribution in [2.45, 2.75) is 0 Å². The molecule has 8 nitrogen and oxygen atoms in total. The number of hydrogen-bond acceptors (Lipinski definition) is 5. The van der Waals surface area contributed by atoms with Crippen molar-refractivity contribution < 1.29 is 14.5 Å². The van der Waals surface area contributed by atoms with Gasteiger partial charge in [-0.3, -0.25) is 19.7 Å². The number of non-ortho nitro benzene ring substituents is 1. The number of primary amides is 1. The van der Waals surface area contributed by atoms with Crippen LogP contribution in [0.5, 0.6) is 0 Å². The van der Waals surface area contributed by atoms with E-state index in [0.29, 0.717) is 5.69 Å². The Bertz CT molecular complexity index is 756. The van der Waals surface area contributed by atoms with Crippen molar-refractivity contribution in [1.82, 2.24) is 0 Å². The van der Waals surface area contributed by atoms with E-state index >= 15 is 0 Å². The van der Waals surface area contributed by atoms with Crippen molar-refractivity contribution >= 4 is 28.9 Å². The second kappa shape index (κ2) is 5.92. The predicted molar refractivity (Wildman–Crippen MR) is 80.4 cm³/mol. The predicted octanol–water partition coefficient (Wildman–Crippen LogP) is 1.53. The summed E-state index contributed by atoms with van der Waals surface area (Å²) in [6.07, 6.45) is 0. The number of hydrogen-bond donors (Lipinski definition) is 3. The van der Waals surface area contributed by atoms with Gasteiger partial charge in [0.15, 0.2) is 0 Å². The summed E-state index contributed by atoms with van der Waals surface area (Å²) in [7, 11) is 0. The standard InChI is InChI=1S/C14H12N4O4/c15-12-6-3-9(7-11(12)13(16)19)17-14(20)8-1-4-10(5-2-8)18(21)22/h1-7H,15H2,(H2,16,19)(H,17,20). The van der Waals surface area contributed by atoms with Crippen molar-refractivity contribution in [1.29, 1.82) is 0 Å². The van der Waals surface area contributed by atoms with Crippen LogP contribution in [0.3, 0.4) is 0 Å².